The molecule has 0 saturated heterocycles. The number of rotatable bonds is 8. The molecule has 0 heterocycles. The Balaban J connectivity index is 2.35. The fourth-order valence-electron chi connectivity index (χ4n) is 2.26. The summed E-state index contributed by atoms with van der Waals surface area (Å²) in [6.07, 6.45) is 4.39. The highest BCUT2D eigenvalue weighted by Gasteiger charge is 2.16. The largest absolute Gasteiger partial charge is 0.496 e. The average Bonchev–Trinajstić information content (AvgIpc) is 2.64. The van der Waals surface area contributed by atoms with Gasteiger partial charge in [-0.25, -0.2) is 18.0 Å². The number of hydrogen-bond acceptors (Lipinski definition) is 5. The van der Waals surface area contributed by atoms with Crippen LogP contribution >= 0.6 is 0 Å². The molecule has 0 spiro atoms. The lowest BCUT2D eigenvalue weighted by Crippen LogP contribution is -2.13. The van der Waals surface area contributed by atoms with Crippen molar-refractivity contribution in [3.8, 4) is 5.75 Å². The number of methoxy groups -OCH3 is 1. The minimum absolute atomic E-state index is 0.0928. The van der Waals surface area contributed by atoms with Crippen molar-refractivity contribution in [1.82, 2.24) is 0 Å². The van der Waals surface area contributed by atoms with Gasteiger partial charge < -0.3 is 14.9 Å². The second kappa shape index (κ2) is 8.87. The minimum atomic E-state index is -3.97. The summed E-state index contributed by atoms with van der Waals surface area (Å²) in [6.45, 7) is 0. The zero-order valence-electron chi connectivity index (χ0n) is 14.7. The van der Waals surface area contributed by atoms with Gasteiger partial charge in [-0.1, -0.05) is 12.1 Å². The summed E-state index contributed by atoms with van der Waals surface area (Å²) in [4.78, 5) is 21.2. The number of carboxylic acid groups (broad SMARTS) is 2. The Bertz CT molecular complexity index is 1060. The zero-order chi connectivity index (χ0) is 20.7. The third-order valence-corrected chi connectivity index (χ3v) is 4.85. The molecule has 2 rings (SSSR count). The van der Waals surface area contributed by atoms with Crippen molar-refractivity contribution >= 4 is 39.8 Å². The molecule has 0 aromatic heterocycles. The SMILES string of the molecule is COc1ccc(S(=O)(=O)Nc2cccc(/C=C/C(=O)O)c2)cc1/C=C/C(=O)O. The van der Waals surface area contributed by atoms with Crippen molar-refractivity contribution in [3.63, 3.8) is 0 Å². The number of nitrogens with one attached hydrogen (secondary N) is 1. The molecule has 0 radical (unpaired) electrons. The van der Waals surface area contributed by atoms with Gasteiger partial charge in [0.25, 0.3) is 10.0 Å². The van der Waals surface area contributed by atoms with Gasteiger partial charge in [-0.05, 0) is 48.0 Å². The van der Waals surface area contributed by atoms with Crippen molar-refractivity contribution in [2.45, 2.75) is 4.90 Å². The lowest BCUT2D eigenvalue weighted by molar-refractivity contribution is -0.132. The summed E-state index contributed by atoms with van der Waals surface area (Å²) in [5, 5.41) is 17.4. The fourth-order valence-corrected chi connectivity index (χ4v) is 3.34. The van der Waals surface area contributed by atoms with Gasteiger partial charge in [0.2, 0.25) is 0 Å². The molecule has 2 aromatic carbocycles. The van der Waals surface area contributed by atoms with Gasteiger partial charge in [-0.3, -0.25) is 4.72 Å². The topological polar surface area (TPSA) is 130 Å². The first-order valence-electron chi connectivity index (χ1n) is 7.84. The quantitative estimate of drug-likeness (QED) is 0.578. The molecule has 8 nitrogen and oxygen atoms in total. The van der Waals surface area contributed by atoms with Crippen molar-refractivity contribution in [2.24, 2.45) is 0 Å². The number of anilines is 1. The fraction of sp³-hybridized carbons (Fsp3) is 0.0526. The maximum absolute atomic E-state index is 12.7. The van der Waals surface area contributed by atoms with Gasteiger partial charge in [0.05, 0.1) is 12.0 Å². The molecule has 0 aliphatic rings. The van der Waals surface area contributed by atoms with E-state index in [0.717, 1.165) is 12.2 Å². The van der Waals surface area contributed by atoms with Crippen LogP contribution in [0.25, 0.3) is 12.2 Å². The molecule has 0 unspecified atom stereocenters. The first kappa shape index (κ1) is 20.7. The molecule has 0 fully saturated rings. The maximum atomic E-state index is 12.7. The maximum Gasteiger partial charge on any atom is 0.328 e. The Morgan fingerprint density at radius 2 is 1.68 bits per heavy atom. The van der Waals surface area contributed by atoms with Crippen LogP contribution in [0.1, 0.15) is 11.1 Å². The normalized spacial score (nSPS) is 11.6. The molecule has 0 aliphatic carbocycles. The van der Waals surface area contributed by atoms with E-state index in [0.29, 0.717) is 11.3 Å². The van der Waals surface area contributed by atoms with Crippen LogP contribution in [0.2, 0.25) is 0 Å². The Morgan fingerprint density at radius 1 is 1.00 bits per heavy atom. The molecule has 0 bridgehead atoms. The van der Waals surface area contributed by atoms with E-state index in [1.165, 1.54) is 49.6 Å². The summed E-state index contributed by atoms with van der Waals surface area (Å²) < 4.78 is 32.8. The van der Waals surface area contributed by atoms with Crippen LogP contribution in [0, 0.1) is 0 Å². The smallest absolute Gasteiger partial charge is 0.328 e. The standard InChI is InChI=1S/C19H17NO7S/c1-27-17-8-7-16(12-14(17)6-10-19(23)24)28(25,26)20-15-4-2-3-13(11-15)5-9-18(21)22/h2-12,20H,1H3,(H,21,22)(H,23,24)/b9-5+,10-6+. The van der Waals surface area contributed by atoms with Crippen LogP contribution in [-0.2, 0) is 19.6 Å². The van der Waals surface area contributed by atoms with E-state index in [2.05, 4.69) is 4.72 Å². The molecule has 28 heavy (non-hydrogen) atoms. The molecule has 0 aliphatic heterocycles. The molecule has 0 amide bonds. The van der Waals surface area contributed by atoms with E-state index in [1.807, 2.05) is 0 Å². The van der Waals surface area contributed by atoms with Crippen molar-refractivity contribution < 1.29 is 33.0 Å². The van der Waals surface area contributed by atoms with Crippen molar-refractivity contribution in [3.05, 3.63) is 65.7 Å². The second-order valence-corrected chi connectivity index (χ2v) is 7.16. The molecule has 146 valence electrons. The van der Waals surface area contributed by atoms with Crippen LogP contribution < -0.4 is 9.46 Å². The summed E-state index contributed by atoms with van der Waals surface area (Å²) in [5.41, 5.74) is 1.03. The summed E-state index contributed by atoms with van der Waals surface area (Å²) >= 11 is 0. The van der Waals surface area contributed by atoms with E-state index >= 15 is 0 Å². The van der Waals surface area contributed by atoms with Crippen LogP contribution in [0.15, 0.2) is 59.5 Å². The summed E-state index contributed by atoms with van der Waals surface area (Å²) in [7, 11) is -2.59. The Morgan fingerprint density at radius 3 is 2.32 bits per heavy atom. The van der Waals surface area contributed by atoms with Gasteiger partial charge in [0, 0.05) is 23.4 Å². The molecular weight excluding hydrogens is 386 g/mol. The summed E-state index contributed by atoms with van der Waals surface area (Å²) in [5.74, 6) is -1.98. The number of ether oxygens (including phenoxy) is 1. The second-order valence-electron chi connectivity index (χ2n) is 5.48. The van der Waals surface area contributed by atoms with Crippen molar-refractivity contribution in [1.29, 1.82) is 0 Å². The number of carboxylic acids is 2. The third kappa shape index (κ3) is 5.71. The Hall–Kier alpha value is -3.59. The van der Waals surface area contributed by atoms with Gasteiger partial charge in [-0.2, -0.15) is 0 Å². The molecule has 2 aromatic rings. The Labute approximate surface area is 161 Å². The van der Waals surface area contributed by atoms with Crippen LogP contribution in [0.5, 0.6) is 5.75 Å². The summed E-state index contributed by atoms with van der Waals surface area (Å²) in [6, 6.07) is 10.2. The van der Waals surface area contributed by atoms with E-state index in [-0.39, 0.29) is 16.1 Å². The molecular formula is C19H17NO7S. The molecule has 9 heteroatoms. The minimum Gasteiger partial charge on any atom is -0.496 e. The lowest BCUT2D eigenvalue weighted by Gasteiger charge is -2.11. The first-order chi connectivity index (χ1) is 13.2. The van der Waals surface area contributed by atoms with Crippen LogP contribution in [0.4, 0.5) is 5.69 Å². The van der Waals surface area contributed by atoms with E-state index in [1.54, 1.807) is 12.1 Å². The first-order valence-corrected chi connectivity index (χ1v) is 9.32. The monoisotopic (exact) mass is 403 g/mol. The number of hydrogen-bond donors (Lipinski definition) is 3. The predicted octanol–water partition coefficient (Wildman–Crippen LogP) is 2.69. The van der Waals surface area contributed by atoms with Gasteiger partial charge in [-0.15, -0.1) is 0 Å². The van der Waals surface area contributed by atoms with E-state index in [9.17, 15) is 18.0 Å². The predicted molar refractivity (Wildman–Crippen MR) is 104 cm³/mol. The molecule has 0 atom stereocenters. The highest BCUT2D eigenvalue weighted by atomic mass is 32.2. The zero-order valence-corrected chi connectivity index (χ0v) is 15.5. The van der Waals surface area contributed by atoms with Crippen LogP contribution in [0.3, 0.4) is 0 Å². The highest BCUT2D eigenvalue weighted by Crippen LogP contribution is 2.25. The van der Waals surface area contributed by atoms with E-state index in [4.69, 9.17) is 14.9 Å². The third-order valence-electron chi connectivity index (χ3n) is 3.47. The number of sulfonamides is 1. The lowest BCUT2D eigenvalue weighted by atomic mass is 10.2. The van der Waals surface area contributed by atoms with Crippen LogP contribution in [-0.4, -0.2) is 37.7 Å². The number of carbonyl (C=O) groups is 2. The molecule has 3 N–H and O–H groups in total. The molecule has 0 saturated carbocycles. The van der Waals surface area contributed by atoms with E-state index < -0.39 is 22.0 Å². The van der Waals surface area contributed by atoms with Gasteiger partial charge in [0.15, 0.2) is 0 Å². The van der Waals surface area contributed by atoms with Crippen molar-refractivity contribution in [2.75, 3.05) is 11.8 Å². The number of aliphatic carboxylic acids is 2. The van der Waals surface area contributed by atoms with Gasteiger partial charge in [0.1, 0.15) is 5.75 Å². The number of benzene rings is 2. The Kier molecular flexibility index (Phi) is 6.56. The average molecular weight is 403 g/mol. The van der Waals surface area contributed by atoms with Gasteiger partial charge >= 0.3 is 11.9 Å². The highest BCUT2D eigenvalue weighted by molar-refractivity contribution is 7.92.